The van der Waals surface area contributed by atoms with Crippen molar-refractivity contribution < 1.29 is 19.8 Å². The number of carboxylic acid groups (broad SMARTS) is 1. The number of thioether (sulfide) groups is 1. The third-order valence-electron chi connectivity index (χ3n) is 2.45. The van der Waals surface area contributed by atoms with Crippen LogP contribution in [0.2, 0.25) is 0 Å². The maximum absolute atomic E-state index is 11.7. The second kappa shape index (κ2) is 7.76. The Morgan fingerprint density at radius 2 is 1.95 bits per heavy atom. The summed E-state index contributed by atoms with van der Waals surface area (Å²) in [4.78, 5) is 22.3. The Labute approximate surface area is 116 Å². The van der Waals surface area contributed by atoms with E-state index < -0.39 is 12.1 Å². The first-order chi connectivity index (χ1) is 9.00. The Hall–Kier alpha value is -1.59. The van der Waals surface area contributed by atoms with Crippen molar-refractivity contribution in [3.63, 3.8) is 0 Å². The first-order valence-corrected chi connectivity index (χ1v) is 6.79. The summed E-state index contributed by atoms with van der Waals surface area (Å²) < 4.78 is 0. The van der Waals surface area contributed by atoms with Crippen molar-refractivity contribution in [1.29, 1.82) is 0 Å². The monoisotopic (exact) mass is 280 g/mol. The van der Waals surface area contributed by atoms with E-state index in [1.165, 1.54) is 13.0 Å². The number of hydrogen-bond acceptors (Lipinski definition) is 4. The van der Waals surface area contributed by atoms with E-state index in [9.17, 15) is 14.7 Å². The van der Waals surface area contributed by atoms with Gasteiger partial charge in [-0.15, -0.1) is 0 Å². The molecule has 5 heteroatoms. The first kappa shape index (κ1) is 15.5. The molecule has 102 valence electrons. The lowest BCUT2D eigenvalue weighted by molar-refractivity contribution is -0.132. The van der Waals surface area contributed by atoms with Crippen LogP contribution >= 0.6 is 11.8 Å². The first-order valence-electron chi connectivity index (χ1n) is 5.81. The van der Waals surface area contributed by atoms with Gasteiger partial charge in [-0.1, -0.05) is 48.2 Å². The van der Waals surface area contributed by atoms with Crippen molar-refractivity contribution in [2.45, 2.75) is 19.4 Å². The van der Waals surface area contributed by atoms with E-state index in [-0.39, 0.29) is 22.9 Å². The SMILES string of the molecule is CC(=CCC(O)CSC(=O)c1ccccc1)C(=O)O. The zero-order valence-electron chi connectivity index (χ0n) is 10.6. The normalized spacial score (nSPS) is 13.1. The Kier molecular flexibility index (Phi) is 6.32. The van der Waals surface area contributed by atoms with Crippen LogP contribution in [0.15, 0.2) is 42.0 Å². The Bertz CT molecular complexity index is 468. The van der Waals surface area contributed by atoms with Crippen LogP contribution in [-0.4, -0.2) is 33.2 Å². The summed E-state index contributed by atoms with van der Waals surface area (Å²) in [5, 5.41) is 18.2. The molecule has 2 N–H and O–H groups in total. The van der Waals surface area contributed by atoms with Gasteiger partial charge in [0.1, 0.15) is 0 Å². The molecule has 0 spiro atoms. The maximum atomic E-state index is 11.7. The number of hydrogen-bond donors (Lipinski definition) is 2. The summed E-state index contributed by atoms with van der Waals surface area (Å²) in [6, 6.07) is 8.83. The Morgan fingerprint density at radius 1 is 1.32 bits per heavy atom. The lowest BCUT2D eigenvalue weighted by atomic mass is 10.2. The van der Waals surface area contributed by atoms with E-state index in [0.717, 1.165) is 11.8 Å². The number of carbonyl (C=O) groups excluding carboxylic acids is 1. The van der Waals surface area contributed by atoms with Crippen LogP contribution in [0.3, 0.4) is 0 Å². The average molecular weight is 280 g/mol. The standard InChI is InChI=1S/C14H16O4S/c1-10(13(16)17)7-8-12(15)9-19-14(18)11-5-3-2-4-6-11/h2-7,12,15H,8-9H2,1H3,(H,16,17). The van der Waals surface area contributed by atoms with Crippen molar-refractivity contribution in [2.24, 2.45) is 0 Å². The summed E-state index contributed by atoms with van der Waals surface area (Å²) in [7, 11) is 0. The second-order valence-corrected chi connectivity index (χ2v) is 5.04. The lowest BCUT2D eigenvalue weighted by Gasteiger charge is -2.07. The molecule has 0 radical (unpaired) electrons. The molecule has 0 saturated carbocycles. The fraction of sp³-hybridized carbons (Fsp3) is 0.286. The fourth-order valence-electron chi connectivity index (χ4n) is 1.30. The minimum absolute atomic E-state index is 0.0985. The van der Waals surface area contributed by atoms with E-state index in [2.05, 4.69) is 0 Å². The molecule has 0 aliphatic rings. The molecule has 0 saturated heterocycles. The van der Waals surface area contributed by atoms with Gasteiger partial charge in [-0.05, 0) is 13.3 Å². The third-order valence-corrected chi connectivity index (χ3v) is 3.50. The number of benzene rings is 1. The quantitative estimate of drug-likeness (QED) is 0.782. The molecule has 4 nitrogen and oxygen atoms in total. The highest BCUT2D eigenvalue weighted by Gasteiger charge is 2.10. The molecule has 1 aromatic rings. The van der Waals surface area contributed by atoms with Gasteiger partial charge in [-0.2, -0.15) is 0 Å². The molecule has 0 aliphatic carbocycles. The summed E-state index contributed by atoms with van der Waals surface area (Å²) in [6.07, 6.45) is 0.959. The largest absolute Gasteiger partial charge is 0.478 e. The molecule has 0 bridgehead atoms. The molecule has 0 amide bonds. The molecule has 1 atom stereocenters. The maximum Gasteiger partial charge on any atom is 0.330 e. The van der Waals surface area contributed by atoms with Crippen molar-refractivity contribution in [2.75, 3.05) is 5.75 Å². The highest BCUT2D eigenvalue weighted by molar-refractivity contribution is 8.14. The van der Waals surface area contributed by atoms with Gasteiger partial charge in [0.2, 0.25) is 5.12 Å². The number of carbonyl (C=O) groups is 2. The van der Waals surface area contributed by atoms with Gasteiger partial charge < -0.3 is 10.2 Å². The number of rotatable bonds is 6. The predicted molar refractivity (Wildman–Crippen MR) is 75.2 cm³/mol. The highest BCUT2D eigenvalue weighted by atomic mass is 32.2. The van der Waals surface area contributed by atoms with Gasteiger partial charge in [-0.25, -0.2) is 4.79 Å². The summed E-state index contributed by atoms with van der Waals surface area (Å²) in [5.74, 6) is -0.753. The smallest absolute Gasteiger partial charge is 0.330 e. The molecule has 0 fully saturated rings. The van der Waals surface area contributed by atoms with Crippen LogP contribution < -0.4 is 0 Å². The van der Waals surface area contributed by atoms with Crippen molar-refractivity contribution in [1.82, 2.24) is 0 Å². The number of aliphatic hydroxyl groups is 1. The van der Waals surface area contributed by atoms with E-state index >= 15 is 0 Å². The molecule has 0 aromatic heterocycles. The van der Waals surface area contributed by atoms with Gasteiger partial charge in [0.05, 0.1) is 6.10 Å². The van der Waals surface area contributed by atoms with Crippen molar-refractivity contribution in [3.05, 3.63) is 47.5 Å². The molecule has 19 heavy (non-hydrogen) atoms. The molecule has 1 unspecified atom stereocenters. The van der Waals surface area contributed by atoms with Crippen LogP contribution in [0.1, 0.15) is 23.7 Å². The zero-order valence-corrected chi connectivity index (χ0v) is 11.4. The molecule has 1 aromatic carbocycles. The topological polar surface area (TPSA) is 74.6 Å². The van der Waals surface area contributed by atoms with Gasteiger partial charge in [0.15, 0.2) is 0 Å². The predicted octanol–water partition coefficient (Wildman–Crippen LogP) is 2.34. The van der Waals surface area contributed by atoms with Gasteiger partial charge in [-0.3, -0.25) is 4.79 Å². The lowest BCUT2D eigenvalue weighted by Crippen LogP contribution is -2.11. The van der Waals surface area contributed by atoms with Crippen molar-refractivity contribution >= 4 is 22.8 Å². The van der Waals surface area contributed by atoms with E-state index in [1.807, 2.05) is 6.07 Å². The van der Waals surface area contributed by atoms with Gasteiger partial charge >= 0.3 is 5.97 Å². The average Bonchev–Trinajstić information content (AvgIpc) is 2.42. The zero-order chi connectivity index (χ0) is 14.3. The van der Waals surface area contributed by atoms with Gasteiger partial charge in [0, 0.05) is 16.9 Å². The Morgan fingerprint density at radius 3 is 2.53 bits per heavy atom. The minimum atomic E-state index is -1.000. The molecular formula is C14H16O4S. The highest BCUT2D eigenvalue weighted by Crippen LogP contribution is 2.14. The molecular weight excluding hydrogens is 264 g/mol. The summed E-state index contributed by atoms with van der Waals surface area (Å²) in [5.41, 5.74) is 0.787. The summed E-state index contributed by atoms with van der Waals surface area (Å²) >= 11 is 1.03. The second-order valence-electron chi connectivity index (χ2n) is 4.05. The number of aliphatic hydroxyl groups excluding tert-OH is 1. The molecule has 1 rings (SSSR count). The van der Waals surface area contributed by atoms with Crippen LogP contribution in [0.4, 0.5) is 0 Å². The number of carboxylic acids is 1. The van der Waals surface area contributed by atoms with Crippen LogP contribution in [-0.2, 0) is 4.79 Å². The number of aliphatic carboxylic acids is 1. The van der Waals surface area contributed by atoms with Gasteiger partial charge in [0.25, 0.3) is 0 Å². The molecule has 0 heterocycles. The van der Waals surface area contributed by atoms with Crippen LogP contribution in [0.25, 0.3) is 0 Å². The van der Waals surface area contributed by atoms with Crippen LogP contribution in [0, 0.1) is 0 Å². The van der Waals surface area contributed by atoms with E-state index in [0.29, 0.717) is 5.56 Å². The van der Waals surface area contributed by atoms with Crippen LogP contribution in [0.5, 0.6) is 0 Å². The summed E-state index contributed by atoms with van der Waals surface area (Å²) in [6.45, 7) is 1.47. The fourth-order valence-corrected chi connectivity index (χ4v) is 2.08. The molecule has 0 aliphatic heterocycles. The third kappa shape index (κ3) is 5.72. The van der Waals surface area contributed by atoms with Crippen molar-refractivity contribution in [3.8, 4) is 0 Å². The van der Waals surface area contributed by atoms with E-state index in [4.69, 9.17) is 5.11 Å². The Balaban J connectivity index is 2.39. The van der Waals surface area contributed by atoms with E-state index in [1.54, 1.807) is 24.3 Å². The minimum Gasteiger partial charge on any atom is -0.478 e.